The summed E-state index contributed by atoms with van der Waals surface area (Å²) >= 11 is 1.80. The Morgan fingerprint density at radius 1 is 1.44 bits per heavy atom. The molecule has 0 N–H and O–H groups in total. The van der Waals surface area contributed by atoms with E-state index in [1.54, 1.807) is 11.8 Å². The lowest BCUT2D eigenvalue weighted by Gasteiger charge is -1.80. The lowest BCUT2D eigenvalue weighted by molar-refractivity contribution is 0.884. The van der Waals surface area contributed by atoms with Crippen molar-refractivity contribution in [3.05, 3.63) is 0 Å². The molecule has 0 aromatic carbocycles. The van der Waals surface area contributed by atoms with Crippen LogP contribution in [0.25, 0.3) is 0 Å². The van der Waals surface area contributed by atoms with E-state index in [9.17, 15) is 0 Å². The van der Waals surface area contributed by atoms with Crippen molar-refractivity contribution < 1.29 is 0 Å². The molecule has 0 spiro atoms. The maximum atomic E-state index is 3.18. The standard InChI is InChI=1S/C8H12S/c1-9-7-3-2-4-8-5-6-8/h8H,4-7H2,1H3. The molecular formula is C8H12S. The van der Waals surface area contributed by atoms with E-state index in [4.69, 9.17) is 0 Å². The zero-order chi connectivity index (χ0) is 6.53. The fourth-order valence-electron chi connectivity index (χ4n) is 0.662. The van der Waals surface area contributed by atoms with Crippen LogP contribution in [0, 0.1) is 17.8 Å². The average molecular weight is 140 g/mol. The van der Waals surface area contributed by atoms with E-state index in [-0.39, 0.29) is 0 Å². The van der Waals surface area contributed by atoms with Gasteiger partial charge in [0.05, 0.1) is 5.75 Å². The largest absolute Gasteiger partial charge is 0.152 e. The van der Waals surface area contributed by atoms with Crippen LogP contribution in [0.3, 0.4) is 0 Å². The molecule has 0 heterocycles. The molecule has 1 heteroatoms. The quantitative estimate of drug-likeness (QED) is 0.530. The van der Waals surface area contributed by atoms with Crippen LogP contribution in [0.5, 0.6) is 0 Å². The molecular weight excluding hydrogens is 128 g/mol. The minimum atomic E-state index is 0.972. The molecule has 50 valence electrons. The van der Waals surface area contributed by atoms with Gasteiger partial charge in [0.15, 0.2) is 0 Å². The van der Waals surface area contributed by atoms with Gasteiger partial charge in [-0.1, -0.05) is 5.92 Å². The van der Waals surface area contributed by atoms with Gasteiger partial charge in [-0.25, -0.2) is 0 Å². The molecule has 0 aliphatic heterocycles. The lowest BCUT2D eigenvalue weighted by Crippen LogP contribution is -1.71. The van der Waals surface area contributed by atoms with Gasteiger partial charge in [-0.05, 0) is 25.0 Å². The molecule has 9 heavy (non-hydrogen) atoms. The van der Waals surface area contributed by atoms with Gasteiger partial charge in [0.25, 0.3) is 0 Å². The van der Waals surface area contributed by atoms with Crippen LogP contribution in [0.15, 0.2) is 0 Å². The highest BCUT2D eigenvalue weighted by molar-refractivity contribution is 7.98. The molecule has 0 atom stereocenters. The summed E-state index contributed by atoms with van der Waals surface area (Å²) in [5, 5.41) is 0. The zero-order valence-corrected chi connectivity index (χ0v) is 6.63. The minimum Gasteiger partial charge on any atom is -0.152 e. The molecule has 0 amide bonds. The first-order valence-electron chi connectivity index (χ1n) is 3.38. The molecule has 0 aromatic rings. The minimum absolute atomic E-state index is 0.972. The number of hydrogen-bond donors (Lipinski definition) is 0. The lowest BCUT2D eigenvalue weighted by atomic mass is 10.3. The van der Waals surface area contributed by atoms with E-state index < -0.39 is 0 Å². The second-order valence-corrected chi connectivity index (χ2v) is 3.30. The molecule has 0 unspecified atom stereocenters. The number of thioether (sulfide) groups is 1. The van der Waals surface area contributed by atoms with E-state index >= 15 is 0 Å². The van der Waals surface area contributed by atoms with Crippen molar-refractivity contribution in [1.82, 2.24) is 0 Å². The van der Waals surface area contributed by atoms with Crippen LogP contribution in [0.1, 0.15) is 19.3 Å². The smallest absolute Gasteiger partial charge is 0.0544 e. The van der Waals surface area contributed by atoms with Gasteiger partial charge in [-0.2, -0.15) is 11.8 Å². The Labute approximate surface area is 61.4 Å². The van der Waals surface area contributed by atoms with Gasteiger partial charge in [0, 0.05) is 6.42 Å². The van der Waals surface area contributed by atoms with Crippen LogP contribution in [0.2, 0.25) is 0 Å². The Bertz CT molecular complexity index is 125. The summed E-state index contributed by atoms with van der Waals surface area (Å²) in [5.41, 5.74) is 0. The molecule has 1 aliphatic carbocycles. The van der Waals surface area contributed by atoms with E-state index in [0.29, 0.717) is 0 Å². The first-order chi connectivity index (χ1) is 4.43. The molecule has 0 radical (unpaired) electrons. The van der Waals surface area contributed by atoms with Crippen molar-refractivity contribution >= 4 is 11.8 Å². The Morgan fingerprint density at radius 2 is 2.22 bits per heavy atom. The monoisotopic (exact) mass is 140 g/mol. The molecule has 0 nitrogen and oxygen atoms in total. The van der Waals surface area contributed by atoms with E-state index in [1.165, 1.54) is 12.8 Å². The van der Waals surface area contributed by atoms with E-state index in [0.717, 1.165) is 18.1 Å². The molecule has 1 fully saturated rings. The van der Waals surface area contributed by atoms with Crippen LogP contribution in [0.4, 0.5) is 0 Å². The summed E-state index contributed by atoms with van der Waals surface area (Å²) in [4.78, 5) is 0. The Kier molecular flexibility index (Phi) is 3.00. The summed E-state index contributed by atoms with van der Waals surface area (Å²) in [7, 11) is 0. The van der Waals surface area contributed by atoms with E-state index in [2.05, 4.69) is 18.1 Å². The van der Waals surface area contributed by atoms with Gasteiger partial charge < -0.3 is 0 Å². The highest BCUT2D eigenvalue weighted by Gasteiger charge is 2.19. The van der Waals surface area contributed by atoms with E-state index in [1.807, 2.05) is 0 Å². The van der Waals surface area contributed by atoms with Gasteiger partial charge in [-0.3, -0.25) is 0 Å². The van der Waals surface area contributed by atoms with Crippen molar-refractivity contribution in [3.8, 4) is 11.8 Å². The third-order valence-corrected chi connectivity index (χ3v) is 1.86. The first-order valence-corrected chi connectivity index (χ1v) is 4.77. The van der Waals surface area contributed by atoms with Crippen molar-refractivity contribution in [1.29, 1.82) is 0 Å². The predicted molar refractivity (Wildman–Crippen MR) is 43.5 cm³/mol. The molecule has 0 aromatic heterocycles. The first kappa shape index (κ1) is 7.02. The molecule has 0 bridgehead atoms. The van der Waals surface area contributed by atoms with Gasteiger partial charge >= 0.3 is 0 Å². The molecule has 1 rings (SSSR count). The van der Waals surface area contributed by atoms with Gasteiger partial charge in [0.2, 0.25) is 0 Å². The third-order valence-electron chi connectivity index (χ3n) is 1.43. The third kappa shape index (κ3) is 3.48. The topological polar surface area (TPSA) is 0 Å². The highest BCUT2D eigenvalue weighted by Crippen LogP contribution is 2.31. The summed E-state index contributed by atoms with van der Waals surface area (Å²) in [6.45, 7) is 0. The van der Waals surface area contributed by atoms with Crippen molar-refractivity contribution in [2.45, 2.75) is 19.3 Å². The average Bonchev–Trinajstić information content (AvgIpc) is 2.63. The fraction of sp³-hybridized carbons (Fsp3) is 0.750. The SMILES string of the molecule is CSCC#CCC1CC1. The second kappa shape index (κ2) is 3.85. The van der Waals surface area contributed by atoms with Gasteiger partial charge in [-0.15, -0.1) is 5.92 Å². The van der Waals surface area contributed by atoms with Crippen molar-refractivity contribution in [2.75, 3.05) is 12.0 Å². The van der Waals surface area contributed by atoms with Gasteiger partial charge in [0.1, 0.15) is 0 Å². The van der Waals surface area contributed by atoms with Crippen LogP contribution >= 0.6 is 11.8 Å². The summed E-state index contributed by atoms with van der Waals surface area (Å²) in [6.07, 6.45) is 6.09. The Hall–Kier alpha value is -0.0900. The maximum Gasteiger partial charge on any atom is 0.0544 e. The Morgan fingerprint density at radius 3 is 2.78 bits per heavy atom. The fourth-order valence-corrected chi connectivity index (χ4v) is 0.908. The zero-order valence-electron chi connectivity index (χ0n) is 5.81. The maximum absolute atomic E-state index is 3.18. The number of rotatable bonds is 2. The Balaban J connectivity index is 1.95. The number of hydrogen-bond acceptors (Lipinski definition) is 1. The highest BCUT2D eigenvalue weighted by atomic mass is 32.2. The molecule has 1 aliphatic rings. The van der Waals surface area contributed by atoms with Crippen LogP contribution < -0.4 is 0 Å². The summed E-state index contributed by atoms with van der Waals surface area (Å²) < 4.78 is 0. The van der Waals surface area contributed by atoms with Crippen LogP contribution in [-0.2, 0) is 0 Å². The normalized spacial score (nSPS) is 16.6. The van der Waals surface area contributed by atoms with Crippen molar-refractivity contribution in [2.24, 2.45) is 5.92 Å². The molecule has 1 saturated carbocycles. The van der Waals surface area contributed by atoms with Crippen molar-refractivity contribution in [3.63, 3.8) is 0 Å². The summed E-state index contributed by atoms with van der Waals surface area (Å²) in [6, 6.07) is 0. The predicted octanol–water partition coefficient (Wildman–Crippen LogP) is 2.15. The molecule has 0 saturated heterocycles. The summed E-state index contributed by atoms with van der Waals surface area (Å²) in [5.74, 6) is 8.28. The van der Waals surface area contributed by atoms with Crippen LogP contribution in [-0.4, -0.2) is 12.0 Å². The second-order valence-electron chi connectivity index (χ2n) is 2.43.